The van der Waals surface area contributed by atoms with Crippen LogP contribution in [0.4, 0.5) is 18.0 Å². The molecule has 0 aliphatic heterocycles. The van der Waals surface area contributed by atoms with Gasteiger partial charge in [0, 0.05) is 0 Å². The number of hydrogen-bond donors (Lipinski definition) is 2. The number of rotatable bonds is 4. The zero-order chi connectivity index (χ0) is 17.5. The van der Waals surface area contributed by atoms with Crippen LogP contribution >= 0.6 is 0 Å². The lowest BCUT2D eigenvalue weighted by molar-refractivity contribution is -0.125. The summed E-state index contributed by atoms with van der Waals surface area (Å²) >= 11 is 0. The van der Waals surface area contributed by atoms with Crippen LogP contribution < -0.4 is 10.6 Å². The molecule has 0 radical (unpaired) electrons. The molecule has 23 heavy (non-hydrogen) atoms. The maximum absolute atomic E-state index is 11.8. The number of nitrogens with one attached hydrogen (secondary N) is 2. The van der Waals surface area contributed by atoms with E-state index in [2.05, 4.69) is 4.74 Å². The van der Waals surface area contributed by atoms with Crippen molar-refractivity contribution in [2.45, 2.75) is 6.18 Å². The molecule has 0 saturated carbocycles. The average molecular weight is 329 g/mol. The fraction of sp³-hybridized carbons (Fsp3) is 0.231. The van der Waals surface area contributed by atoms with Crippen LogP contribution in [0.15, 0.2) is 24.3 Å². The van der Waals surface area contributed by atoms with Crippen molar-refractivity contribution in [3.63, 3.8) is 0 Å². The normalized spacial score (nSPS) is 10.3. The molecule has 0 bridgehead atoms. The summed E-state index contributed by atoms with van der Waals surface area (Å²) in [5.41, 5.74) is 0.216. The standard InChI is InChI=1S/C13H10F3N3O4/c14-13(15,16)7-18-12(22)19-10(20)6-23-11(21)9-3-1-2-8(4-9)5-17/h1-4H,6-7H2,(H2,18,19,20,22). The first-order valence-corrected chi connectivity index (χ1v) is 6.03. The summed E-state index contributed by atoms with van der Waals surface area (Å²) in [6.07, 6.45) is -4.61. The van der Waals surface area contributed by atoms with Crippen molar-refractivity contribution in [2.24, 2.45) is 0 Å². The molecule has 0 unspecified atom stereocenters. The maximum atomic E-state index is 11.8. The van der Waals surface area contributed by atoms with Gasteiger partial charge in [0.2, 0.25) is 0 Å². The summed E-state index contributed by atoms with van der Waals surface area (Å²) in [7, 11) is 0. The molecular formula is C13H10F3N3O4. The van der Waals surface area contributed by atoms with Gasteiger partial charge in [0.25, 0.3) is 5.91 Å². The van der Waals surface area contributed by atoms with Crippen molar-refractivity contribution < 1.29 is 32.3 Å². The van der Waals surface area contributed by atoms with Gasteiger partial charge in [-0.3, -0.25) is 10.1 Å². The van der Waals surface area contributed by atoms with Gasteiger partial charge in [0.05, 0.1) is 17.2 Å². The molecule has 7 nitrogen and oxygen atoms in total. The van der Waals surface area contributed by atoms with Gasteiger partial charge in [0.1, 0.15) is 6.54 Å². The predicted molar refractivity (Wildman–Crippen MR) is 69.0 cm³/mol. The van der Waals surface area contributed by atoms with Crippen LogP contribution in [-0.4, -0.2) is 37.2 Å². The number of nitrogens with zero attached hydrogens (tertiary/aromatic N) is 1. The molecule has 0 aliphatic rings. The molecule has 122 valence electrons. The molecular weight excluding hydrogens is 319 g/mol. The van der Waals surface area contributed by atoms with E-state index in [0.29, 0.717) is 0 Å². The molecule has 10 heteroatoms. The predicted octanol–water partition coefficient (Wildman–Crippen LogP) is 1.10. The van der Waals surface area contributed by atoms with Crippen molar-refractivity contribution in [3.05, 3.63) is 35.4 Å². The molecule has 2 N–H and O–H groups in total. The van der Waals surface area contributed by atoms with Crippen molar-refractivity contribution in [1.82, 2.24) is 10.6 Å². The SMILES string of the molecule is N#Cc1cccc(C(=O)OCC(=O)NC(=O)NCC(F)(F)F)c1. The fourth-order valence-corrected chi connectivity index (χ4v) is 1.32. The average Bonchev–Trinajstić information content (AvgIpc) is 2.50. The minimum atomic E-state index is -4.61. The first kappa shape index (κ1) is 18.0. The van der Waals surface area contributed by atoms with Gasteiger partial charge in [0.15, 0.2) is 6.61 Å². The van der Waals surface area contributed by atoms with E-state index in [1.807, 2.05) is 6.07 Å². The van der Waals surface area contributed by atoms with E-state index >= 15 is 0 Å². The van der Waals surface area contributed by atoms with Gasteiger partial charge in [-0.25, -0.2) is 9.59 Å². The largest absolute Gasteiger partial charge is 0.452 e. The van der Waals surface area contributed by atoms with Crippen LogP contribution in [0.1, 0.15) is 15.9 Å². The smallest absolute Gasteiger partial charge is 0.405 e. The summed E-state index contributed by atoms with van der Waals surface area (Å²) < 4.78 is 40.1. The fourth-order valence-electron chi connectivity index (χ4n) is 1.32. The number of ether oxygens (including phenoxy) is 1. The number of imide groups is 1. The highest BCUT2D eigenvalue weighted by atomic mass is 19.4. The summed E-state index contributed by atoms with van der Waals surface area (Å²) in [4.78, 5) is 33.8. The van der Waals surface area contributed by atoms with E-state index in [1.165, 1.54) is 29.6 Å². The third kappa shape index (κ3) is 6.94. The zero-order valence-corrected chi connectivity index (χ0v) is 11.4. The Labute approximate surface area is 128 Å². The number of amides is 3. The third-order valence-electron chi connectivity index (χ3n) is 2.26. The lowest BCUT2D eigenvalue weighted by Gasteiger charge is -2.09. The highest BCUT2D eigenvalue weighted by Crippen LogP contribution is 2.11. The van der Waals surface area contributed by atoms with Crippen molar-refractivity contribution >= 4 is 17.9 Å². The topological polar surface area (TPSA) is 108 Å². The van der Waals surface area contributed by atoms with Crippen molar-refractivity contribution in [3.8, 4) is 6.07 Å². The monoisotopic (exact) mass is 329 g/mol. The lowest BCUT2D eigenvalue weighted by Crippen LogP contribution is -2.44. The van der Waals surface area contributed by atoms with E-state index < -0.39 is 37.2 Å². The van der Waals surface area contributed by atoms with Gasteiger partial charge in [-0.1, -0.05) is 6.07 Å². The Morgan fingerprint density at radius 1 is 1.26 bits per heavy atom. The first-order valence-electron chi connectivity index (χ1n) is 6.03. The van der Waals surface area contributed by atoms with E-state index in [0.717, 1.165) is 0 Å². The number of alkyl halides is 3. The number of carbonyl (C=O) groups excluding carboxylic acids is 3. The first-order chi connectivity index (χ1) is 10.7. The number of urea groups is 1. The molecule has 1 rings (SSSR count). The molecule has 0 atom stereocenters. The molecule has 0 heterocycles. The second-order valence-electron chi connectivity index (χ2n) is 4.11. The molecule has 0 aliphatic carbocycles. The summed E-state index contributed by atoms with van der Waals surface area (Å²) in [6.45, 7) is -2.47. The van der Waals surface area contributed by atoms with E-state index in [-0.39, 0.29) is 11.1 Å². The van der Waals surface area contributed by atoms with Crippen LogP contribution in [0.25, 0.3) is 0 Å². The second kappa shape index (κ2) is 7.79. The quantitative estimate of drug-likeness (QED) is 0.804. The van der Waals surface area contributed by atoms with Gasteiger partial charge in [-0.15, -0.1) is 0 Å². The van der Waals surface area contributed by atoms with Gasteiger partial charge in [-0.2, -0.15) is 18.4 Å². The molecule has 0 fully saturated rings. The number of nitriles is 1. The van der Waals surface area contributed by atoms with Crippen LogP contribution in [-0.2, 0) is 9.53 Å². The maximum Gasteiger partial charge on any atom is 0.405 e. The van der Waals surface area contributed by atoms with Gasteiger partial charge < -0.3 is 10.1 Å². The molecule has 0 aromatic heterocycles. The van der Waals surface area contributed by atoms with Crippen LogP contribution in [0.2, 0.25) is 0 Å². The summed E-state index contributed by atoms with van der Waals surface area (Å²) in [6, 6.07) is 5.90. The third-order valence-corrected chi connectivity index (χ3v) is 2.26. The Kier molecular flexibility index (Phi) is 6.08. The highest BCUT2D eigenvalue weighted by molar-refractivity contribution is 5.97. The molecule has 3 amide bonds. The number of esters is 1. The van der Waals surface area contributed by atoms with Crippen molar-refractivity contribution in [2.75, 3.05) is 13.2 Å². The van der Waals surface area contributed by atoms with Gasteiger partial charge >= 0.3 is 18.2 Å². The number of hydrogen-bond acceptors (Lipinski definition) is 5. The highest BCUT2D eigenvalue weighted by Gasteiger charge is 2.28. The molecule has 0 spiro atoms. The van der Waals surface area contributed by atoms with E-state index in [4.69, 9.17) is 5.26 Å². The van der Waals surface area contributed by atoms with E-state index in [1.54, 1.807) is 5.32 Å². The van der Waals surface area contributed by atoms with E-state index in [9.17, 15) is 27.6 Å². The summed E-state index contributed by atoms with van der Waals surface area (Å²) in [5, 5.41) is 11.7. The Hall–Kier alpha value is -3.09. The molecule has 0 saturated heterocycles. The van der Waals surface area contributed by atoms with Gasteiger partial charge in [-0.05, 0) is 18.2 Å². The minimum absolute atomic E-state index is 0.0124. The number of carbonyl (C=O) groups is 3. The molecule has 1 aromatic carbocycles. The summed E-state index contributed by atoms with van der Waals surface area (Å²) in [5.74, 6) is -2.03. The number of benzene rings is 1. The molecule has 1 aromatic rings. The Morgan fingerprint density at radius 2 is 1.96 bits per heavy atom. The lowest BCUT2D eigenvalue weighted by atomic mass is 10.1. The zero-order valence-electron chi connectivity index (χ0n) is 11.4. The Bertz CT molecular complexity index is 653. The number of halogens is 3. The minimum Gasteiger partial charge on any atom is -0.452 e. The van der Waals surface area contributed by atoms with Crippen LogP contribution in [0.5, 0.6) is 0 Å². The van der Waals surface area contributed by atoms with Crippen LogP contribution in [0, 0.1) is 11.3 Å². The van der Waals surface area contributed by atoms with Crippen LogP contribution in [0.3, 0.4) is 0 Å². The Morgan fingerprint density at radius 3 is 2.57 bits per heavy atom. The second-order valence-corrected chi connectivity index (χ2v) is 4.11. The van der Waals surface area contributed by atoms with Crippen molar-refractivity contribution in [1.29, 1.82) is 5.26 Å². The Balaban J connectivity index is 2.42.